The Morgan fingerprint density at radius 2 is 2.00 bits per heavy atom. The Kier molecular flexibility index (Phi) is 4.85. The monoisotopic (exact) mass is 273 g/mol. The van der Waals surface area contributed by atoms with E-state index in [1.807, 2.05) is 6.07 Å². The first-order valence-electron chi connectivity index (χ1n) is 7.08. The molecule has 0 amide bonds. The molecule has 1 heterocycles. The zero-order chi connectivity index (χ0) is 14.5. The zero-order valence-electron chi connectivity index (χ0n) is 12.7. The third-order valence-electron chi connectivity index (χ3n) is 3.52. The average Bonchev–Trinajstić information content (AvgIpc) is 2.86. The fraction of sp³-hybridized carbons (Fsp3) is 0.412. The molecular weight excluding hydrogens is 250 g/mol. The van der Waals surface area contributed by atoms with Crippen molar-refractivity contribution < 1.29 is 9.15 Å². The van der Waals surface area contributed by atoms with Crippen molar-refractivity contribution in [2.75, 3.05) is 6.54 Å². The second-order valence-electron chi connectivity index (χ2n) is 5.14. The van der Waals surface area contributed by atoms with Gasteiger partial charge < -0.3 is 14.5 Å². The van der Waals surface area contributed by atoms with Crippen molar-refractivity contribution in [3.63, 3.8) is 0 Å². The fourth-order valence-electron chi connectivity index (χ4n) is 2.20. The smallest absolute Gasteiger partial charge is 0.124 e. The highest BCUT2D eigenvalue weighted by Gasteiger charge is 2.09. The Morgan fingerprint density at radius 1 is 1.20 bits per heavy atom. The predicted molar refractivity (Wildman–Crippen MR) is 81.1 cm³/mol. The summed E-state index contributed by atoms with van der Waals surface area (Å²) < 4.78 is 11.5. The maximum absolute atomic E-state index is 5.98. The third kappa shape index (κ3) is 3.42. The molecule has 20 heavy (non-hydrogen) atoms. The van der Waals surface area contributed by atoms with Crippen LogP contribution in [0.3, 0.4) is 0 Å². The highest BCUT2D eigenvalue weighted by Crippen LogP contribution is 2.24. The molecule has 0 spiro atoms. The number of furan rings is 1. The van der Waals surface area contributed by atoms with Crippen LogP contribution >= 0.6 is 0 Å². The minimum Gasteiger partial charge on any atom is -0.488 e. The lowest BCUT2D eigenvalue weighted by Gasteiger charge is -2.12. The third-order valence-corrected chi connectivity index (χ3v) is 3.52. The molecule has 0 atom stereocenters. The molecule has 0 aliphatic carbocycles. The largest absolute Gasteiger partial charge is 0.488 e. The first-order valence-corrected chi connectivity index (χ1v) is 7.08. The lowest BCUT2D eigenvalue weighted by atomic mass is 10.1. The van der Waals surface area contributed by atoms with Crippen molar-refractivity contribution in [2.45, 2.75) is 40.8 Å². The maximum atomic E-state index is 5.98. The normalized spacial score (nSPS) is 10.8. The molecule has 3 heteroatoms. The van der Waals surface area contributed by atoms with Gasteiger partial charge in [0.2, 0.25) is 0 Å². The topological polar surface area (TPSA) is 34.4 Å². The molecule has 0 aliphatic heterocycles. The van der Waals surface area contributed by atoms with Crippen LogP contribution in [0.2, 0.25) is 0 Å². The van der Waals surface area contributed by atoms with Crippen LogP contribution in [-0.4, -0.2) is 6.54 Å². The summed E-state index contributed by atoms with van der Waals surface area (Å²) in [6.07, 6.45) is 1.72. The first kappa shape index (κ1) is 14.7. The van der Waals surface area contributed by atoms with Gasteiger partial charge in [-0.25, -0.2) is 0 Å². The summed E-state index contributed by atoms with van der Waals surface area (Å²) in [7, 11) is 0. The molecule has 0 bridgehead atoms. The van der Waals surface area contributed by atoms with E-state index in [0.717, 1.165) is 30.2 Å². The molecule has 0 aliphatic rings. The van der Waals surface area contributed by atoms with E-state index in [4.69, 9.17) is 9.15 Å². The van der Waals surface area contributed by atoms with Gasteiger partial charge in [-0.3, -0.25) is 0 Å². The number of benzene rings is 1. The van der Waals surface area contributed by atoms with Gasteiger partial charge in [-0.1, -0.05) is 13.0 Å². The maximum Gasteiger partial charge on any atom is 0.124 e. The van der Waals surface area contributed by atoms with E-state index in [2.05, 4.69) is 45.1 Å². The molecular formula is C17H23NO2. The Labute approximate surface area is 121 Å². The predicted octanol–water partition coefficient (Wildman–Crippen LogP) is 3.89. The van der Waals surface area contributed by atoms with Crippen molar-refractivity contribution in [2.24, 2.45) is 0 Å². The number of hydrogen-bond acceptors (Lipinski definition) is 3. The zero-order valence-corrected chi connectivity index (χ0v) is 12.7. The molecule has 0 saturated heterocycles. The minimum absolute atomic E-state index is 0.543. The van der Waals surface area contributed by atoms with Gasteiger partial charge in [0.1, 0.15) is 18.1 Å². The van der Waals surface area contributed by atoms with E-state index in [-0.39, 0.29) is 0 Å². The second-order valence-corrected chi connectivity index (χ2v) is 5.14. The van der Waals surface area contributed by atoms with Crippen LogP contribution in [-0.2, 0) is 13.2 Å². The van der Waals surface area contributed by atoms with Gasteiger partial charge in [-0.05, 0) is 56.1 Å². The Morgan fingerprint density at radius 3 is 2.75 bits per heavy atom. The fourth-order valence-corrected chi connectivity index (χ4v) is 2.20. The van der Waals surface area contributed by atoms with Gasteiger partial charge >= 0.3 is 0 Å². The summed E-state index contributed by atoms with van der Waals surface area (Å²) in [5.41, 5.74) is 4.79. The van der Waals surface area contributed by atoms with Crippen molar-refractivity contribution in [1.29, 1.82) is 0 Å². The van der Waals surface area contributed by atoms with Crippen LogP contribution in [0.1, 0.15) is 34.9 Å². The van der Waals surface area contributed by atoms with Gasteiger partial charge in [0.05, 0.1) is 12.8 Å². The van der Waals surface area contributed by atoms with Crippen LogP contribution in [0, 0.1) is 20.8 Å². The lowest BCUT2D eigenvalue weighted by Crippen LogP contribution is -2.13. The highest BCUT2D eigenvalue weighted by atomic mass is 16.5. The van der Waals surface area contributed by atoms with E-state index in [9.17, 15) is 0 Å². The number of ether oxygens (including phenoxy) is 1. The van der Waals surface area contributed by atoms with Crippen LogP contribution in [0.25, 0.3) is 0 Å². The van der Waals surface area contributed by atoms with Crippen LogP contribution in [0.15, 0.2) is 28.9 Å². The van der Waals surface area contributed by atoms with Crippen molar-refractivity contribution in [3.8, 4) is 5.75 Å². The van der Waals surface area contributed by atoms with Gasteiger partial charge in [-0.15, -0.1) is 0 Å². The summed E-state index contributed by atoms with van der Waals surface area (Å²) in [6.45, 7) is 10.6. The summed E-state index contributed by atoms with van der Waals surface area (Å²) >= 11 is 0. The second kappa shape index (κ2) is 6.62. The van der Waals surface area contributed by atoms with E-state index in [0.29, 0.717) is 6.61 Å². The molecule has 1 N–H and O–H groups in total. The summed E-state index contributed by atoms with van der Waals surface area (Å²) in [5, 5.41) is 3.27. The summed E-state index contributed by atoms with van der Waals surface area (Å²) in [5.74, 6) is 1.91. The van der Waals surface area contributed by atoms with E-state index < -0.39 is 0 Å². The molecule has 0 saturated carbocycles. The van der Waals surface area contributed by atoms with Crippen LogP contribution in [0.5, 0.6) is 5.75 Å². The quantitative estimate of drug-likeness (QED) is 0.867. The number of aryl methyl sites for hydroxylation is 2. The molecule has 0 fully saturated rings. The van der Waals surface area contributed by atoms with Crippen molar-refractivity contribution >= 4 is 0 Å². The van der Waals surface area contributed by atoms with Crippen LogP contribution in [0.4, 0.5) is 0 Å². The van der Waals surface area contributed by atoms with E-state index in [1.165, 1.54) is 16.7 Å². The molecule has 1 aromatic carbocycles. The average molecular weight is 273 g/mol. The van der Waals surface area contributed by atoms with Gasteiger partial charge in [0, 0.05) is 5.56 Å². The first-order chi connectivity index (χ1) is 9.61. The minimum atomic E-state index is 0.543. The number of rotatable bonds is 6. The molecule has 2 rings (SSSR count). The van der Waals surface area contributed by atoms with Crippen molar-refractivity contribution in [3.05, 3.63) is 52.5 Å². The molecule has 0 unspecified atom stereocenters. The van der Waals surface area contributed by atoms with Crippen LogP contribution < -0.4 is 10.1 Å². The molecule has 2 aromatic rings. The lowest BCUT2D eigenvalue weighted by molar-refractivity contribution is 0.299. The summed E-state index contributed by atoms with van der Waals surface area (Å²) in [4.78, 5) is 0. The molecule has 1 aromatic heterocycles. The Hall–Kier alpha value is -1.74. The Balaban J connectivity index is 2.07. The van der Waals surface area contributed by atoms with Gasteiger partial charge in [-0.2, -0.15) is 0 Å². The van der Waals surface area contributed by atoms with Gasteiger partial charge in [0.15, 0.2) is 0 Å². The molecule has 108 valence electrons. The van der Waals surface area contributed by atoms with E-state index >= 15 is 0 Å². The molecule has 3 nitrogen and oxygen atoms in total. The number of hydrogen-bond donors (Lipinski definition) is 1. The standard InChI is InChI=1S/C17H23NO2/c1-5-18-10-17-15(6-7-19-17)11-20-16-9-12(2)8-13(3)14(16)4/h6-9,18H,5,10-11H2,1-4H3. The van der Waals surface area contributed by atoms with Crippen molar-refractivity contribution in [1.82, 2.24) is 5.32 Å². The van der Waals surface area contributed by atoms with E-state index in [1.54, 1.807) is 6.26 Å². The number of nitrogens with one attached hydrogen (secondary N) is 1. The SMILES string of the molecule is CCNCc1occc1COc1cc(C)cc(C)c1C. The highest BCUT2D eigenvalue weighted by molar-refractivity contribution is 5.42. The van der Waals surface area contributed by atoms with Gasteiger partial charge in [0.25, 0.3) is 0 Å². The summed E-state index contributed by atoms with van der Waals surface area (Å²) in [6, 6.07) is 6.24. The Bertz CT molecular complexity index is 572. The molecule has 0 radical (unpaired) electrons.